The molecule has 6 heteroatoms. The van der Waals surface area contributed by atoms with Crippen LogP contribution >= 0.6 is 0 Å². The van der Waals surface area contributed by atoms with Crippen LogP contribution < -0.4 is 20.1 Å². The van der Waals surface area contributed by atoms with Crippen molar-refractivity contribution in [2.75, 3.05) is 20.8 Å². The van der Waals surface area contributed by atoms with Crippen LogP contribution in [-0.4, -0.2) is 31.7 Å². The molecule has 0 saturated carbocycles. The van der Waals surface area contributed by atoms with E-state index in [1.54, 1.807) is 20.4 Å². The lowest BCUT2D eigenvalue weighted by Gasteiger charge is -2.12. The molecule has 0 bridgehead atoms. The van der Waals surface area contributed by atoms with Crippen LogP contribution in [0.25, 0.3) is 0 Å². The number of ether oxygens (including phenoxy) is 2. The van der Waals surface area contributed by atoms with E-state index in [9.17, 15) is 0 Å². The number of nitrogens with zero attached hydrogens (tertiary/aromatic N) is 2. The minimum absolute atomic E-state index is 0.539. The van der Waals surface area contributed by atoms with Gasteiger partial charge in [0.05, 0.1) is 33.0 Å². The second-order valence-electron chi connectivity index (χ2n) is 5.51. The fourth-order valence-corrected chi connectivity index (χ4v) is 2.36. The van der Waals surface area contributed by atoms with Crippen LogP contribution in [0.5, 0.6) is 11.5 Å². The first kappa shape index (κ1) is 18.6. The Balaban J connectivity index is 2.05. The zero-order chi connectivity index (χ0) is 18.1. The molecule has 0 saturated heterocycles. The summed E-state index contributed by atoms with van der Waals surface area (Å²) in [5.74, 6) is 2.17. The molecule has 1 aromatic carbocycles. The molecule has 2 rings (SSSR count). The summed E-state index contributed by atoms with van der Waals surface area (Å²) in [6.07, 6.45) is 1.80. The minimum Gasteiger partial charge on any atom is -0.493 e. The number of methoxy groups -OCH3 is 2. The Morgan fingerprint density at radius 2 is 1.92 bits per heavy atom. The molecule has 0 fully saturated rings. The van der Waals surface area contributed by atoms with Gasteiger partial charge in [0, 0.05) is 12.7 Å². The van der Waals surface area contributed by atoms with Gasteiger partial charge in [0.2, 0.25) is 0 Å². The van der Waals surface area contributed by atoms with E-state index in [1.807, 2.05) is 31.2 Å². The number of guanidine groups is 1. The van der Waals surface area contributed by atoms with Gasteiger partial charge in [-0.15, -0.1) is 0 Å². The second kappa shape index (κ2) is 9.52. The van der Waals surface area contributed by atoms with Gasteiger partial charge in [0.1, 0.15) is 0 Å². The highest BCUT2D eigenvalue weighted by Crippen LogP contribution is 2.27. The second-order valence-corrected chi connectivity index (χ2v) is 5.51. The summed E-state index contributed by atoms with van der Waals surface area (Å²) in [6, 6.07) is 9.81. The zero-order valence-electron chi connectivity index (χ0n) is 15.3. The van der Waals surface area contributed by atoms with Gasteiger partial charge in [-0.05, 0) is 43.2 Å². The maximum absolute atomic E-state index is 5.34. The SMILES string of the molecule is CCNC(=NCc1ccc(OC)c(OC)c1)NCc1ncccc1C. The number of nitrogens with one attached hydrogen (secondary N) is 2. The van der Waals surface area contributed by atoms with Gasteiger partial charge in [-0.3, -0.25) is 4.98 Å². The smallest absolute Gasteiger partial charge is 0.191 e. The van der Waals surface area contributed by atoms with E-state index < -0.39 is 0 Å². The topological polar surface area (TPSA) is 67.8 Å². The molecule has 25 heavy (non-hydrogen) atoms. The summed E-state index contributed by atoms with van der Waals surface area (Å²) >= 11 is 0. The third-order valence-electron chi connectivity index (χ3n) is 3.75. The summed E-state index contributed by atoms with van der Waals surface area (Å²) in [5.41, 5.74) is 3.22. The number of hydrogen-bond donors (Lipinski definition) is 2. The molecular formula is C19H26N4O2. The third-order valence-corrected chi connectivity index (χ3v) is 3.75. The van der Waals surface area contributed by atoms with Gasteiger partial charge < -0.3 is 20.1 Å². The van der Waals surface area contributed by atoms with Crippen LogP contribution in [0.1, 0.15) is 23.7 Å². The van der Waals surface area contributed by atoms with Crippen LogP contribution in [0, 0.1) is 6.92 Å². The fraction of sp³-hybridized carbons (Fsp3) is 0.368. The van der Waals surface area contributed by atoms with Crippen molar-refractivity contribution in [2.45, 2.75) is 26.9 Å². The van der Waals surface area contributed by atoms with Gasteiger partial charge in [-0.25, -0.2) is 4.99 Å². The highest BCUT2D eigenvalue weighted by Gasteiger charge is 2.05. The van der Waals surface area contributed by atoms with Crippen molar-refractivity contribution in [1.82, 2.24) is 15.6 Å². The summed E-state index contributed by atoms with van der Waals surface area (Å²) < 4.78 is 10.6. The van der Waals surface area contributed by atoms with E-state index in [0.717, 1.165) is 29.3 Å². The molecule has 1 heterocycles. The van der Waals surface area contributed by atoms with Gasteiger partial charge >= 0.3 is 0 Å². The largest absolute Gasteiger partial charge is 0.493 e. The Bertz CT molecular complexity index is 716. The average Bonchev–Trinajstić information content (AvgIpc) is 2.64. The molecule has 0 spiro atoms. The van der Waals surface area contributed by atoms with Crippen molar-refractivity contribution >= 4 is 5.96 Å². The molecule has 2 aromatic rings. The van der Waals surface area contributed by atoms with Crippen molar-refractivity contribution in [3.05, 3.63) is 53.3 Å². The predicted molar refractivity (Wildman–Crippen MR) is 100 cm³/mol. The predicted octanol–water partition coefficient (Wildman–Crippen LogP) is 2.66. The Hall–Kier alpha value is -2.76. The lowest BCUT2D eigenvalue weighted by molar-refractivity contribution is 0.354. The zero-order valence-corrected chi connectivity index (χ0v) is 15.3. The molecule has 0 unspecified atom stereocenters. The lowest BCUT2D eigenvalue weighted by Crippen LogP contribution is -2.37. The number of aliphatic imine (C=N–C) groups is 1. The molecule has 1 aromatic heterocycles. The Labute approximate surface area is 149 Å². The Morgan fingerprint density at radius 3 is 2.60 bits per heavy atom. The van der Waals surface area contributed by atoms with Gasteiger partial charge in [-0.1, -0.05) is 12.1 Å². The Morgan fingerprint density at radius 1 is 1.12 bits per heavy atom. The third kappa shape index (κ3) is 5.38. The number of benzene rings is 1. The van der Waals surface area contributed by atoms with Crippen LogP contribution in [0.4, 0.5) is 0 Å². The number of hydrogen-bond acceptors (Lipinski definition) is 4. The molecule has 0 aliphatic rings. The van der Waals surface area contributed by atoms with Crippen LogP contribution in [-0.2, 0) is 13.1 Å². The molecule has 6 nitrogen and oxygen atoms in total. The van der Waals surface area contributed by atoms with E-state index in [0.29, 0.717) is 24.6 Å². The van der Waals surface area contributed by atoms with E-state index in [4.69, 9.17) is 9.47 Å². The van der Waals surface area contributed by atoms with E-state index in [2.05, 4.69) is 33.6 Å². The highest BCUT2D eigenvalue weighted by atomic mass is 16.5. The molecule has 2 N–H and O–H groups in total. The summed E-state index contributed by atoms with van der Waals surface area (Å²) in [5, 5.41) is 6.57. The average molecular weight is 342 g/mol. The van der Waals surface area contributed by atoms with Gasteiger partial charge in [0.25, 0.3) is 0 Å². The van der Waals surface area contributed by atoms with E-state index >= 15 is 0 Å². The fourth-order valence-electron chi connectivity index (χ4n) is 2.36. The molecular weight excluding hydrogens is 316 g/mol. The van der Waals surface area contributed by atoms with Gasteiger partial charge in [-0.2, -0.15) is 0 Å². The number of aryl methyl sites for hydroxylation is 1. The number of rotatable bonds is 7. The highest BCUT2D eigenvalue weighted by molar-refractivity contribution is 5.79. The molecule has 0 aliphatic carbocycles. The van der Waals surface area contributed by atoms with Crippen molar-refractivity contribution in [3.8, 4) is 11.5 Å². The van der Waals surface area contributed by atoms with Gasteiger partial charge in [0.15, 0.2) is 17.5 Å². The number of pyridine rings is 1. The minimum atomic E-state index is 0.539. The first-order chi connectivity index (χ1) is 12.2. The maximum atomic E-state index is 5.34. The molecule has 0 radical (unpaired) electrons. The molecule has 134 valence electrons. The number of aromatic nitrogens is 1. The van der Waals surface area contributed by atoms with Crippen LogP contribution in [0.15, 0.2) is 41.5 Å². The summed E-state index contributed by atoms with van der Waals surface area (Å²) in [4.78, 5) is 9.02. The standard InChI is InChI=1S/C19H26N4O2/c1-5-20-19(23-13-16-14(2)7-6-10-21-16)22-12-15-8-9-17(24-3)18(11-15)25-4/h6-11H,5,12-13H2,1-4H3,(H2,20,22,23). The molecule has 0 atom stereocenters. The van der Waals surface area contributed by atoms with Crippen LogP contribution in [0.3, 0.4) is 0 Å². The Kier molecular flexibility index (Phi) is 7.07. The monoisotopic (exact) mass is 342 g/mol. The van der Waals surface area contributed by atoms with Crippen molar-refractivity contribution < 1.29 is 9.47 Å². The lowest BCUT2D eigenvalue weighted by atomic mass is 10.2. The first-order valence-corrected chi connectivity index (χ1v) is 8.31. The molecule has 0 aliphatic heterocycles. The van der Waals surface area contributed by atoms with Crippen molar-refractivity contribution in [3.63, 3.8) is 0 Å². The molecule has 0 amide bonds. The van der Waals surface area contributed by atoms with Crippen molar-refractivity contribution in [2.24, 2.45) is 4.99 Å². The maximum Gasteiger partial charge on any atom is 0.191 e. The van der Waals surface area contributed by atoms with Crippen molar-refractivity contribution in [1.29, 1.82) is 0 Å². The normalized spacial score (nSPS) is 11.1. The summed E-state index contributed by atoms with van der Waals surface area (Å²) in [6.45, 7) is 6.05. The van der Waals surface area contributed by atoms with E-state index in [-0.39, 0.29) is 0 Å². The van der Waals surface area contributed by atoms with E-state index in [1.165, 1.54) is 0 Å². The summed E-state index contributed by atoms with van der Waals surface area (Å²) in [7, 11) is 3.26. The first-order valence-electron chi connectivity index (χ1n) is 8.31. The van der Waals surface area contributed by atoms with Crippen LogP contribution in [0.2, 0.25) is 0 Å². The quantitative estimate of drug-likeness (QED) is 0.598.